The number of alkyl halides is 3. The largest absolute Gasteiger partial charge is 0.416 e. The minimum atomic E-state index is -4.49. The summed E-state index contributed by atoms with van der Waals surface area (Å²) in [5.41, 5.74) is 2.29. The van der Waals surface area contributed by atoms with Crippen molar-refractivity contribution in [2.75, 3.05) is 0 Å². The molecule has 2 aromatic carbocycles. The normalized spacial score (nSPS) is 16.8. The van der Waals surface area contributed by atoms with E-state index in [4.69, 9.17) is 11.6 Å². The number of hydrogen-bond donors (Lipinski definition) is 0. The molecular formula is C21H20ClF3N2O. The molecule has 28 heavy (non-hydrogen) atoms. The van der Waals surface area contributed by atoms with Crippen LogP contribution in [-0.4, -0.2) is 21.7 Å². The Hall–Kier alpha value is -2.05. The van der Waals surface area contributed by atoms with Crippen molar-refractivity contribution in [3.05, 3.63) is 68.7 Å². The first-order valence-corrected chi connectivity index (χ1v) is 9.55. The molecule has 0 aliphatic carbocycles. The van der Waals surface area contributed by atoms with Crippen LogP contribution >= 0.6 is 11.6 Å². The van der Waals surface area contributed by atoms with Gasteiger partial charge in [-0.3, -0.25) is 9.69 Å². The zero-order valence-electron chi connectivity index (χ0n) is 15.6. The fourth-order valence-corrected chi connectivity index (χ4v) is 4.25. The van der Waals surface area contributed by atoms with E-state index in [0.717, 1.165) is 11.1 Å². The molecule has 7 heteroatoms. The molecule has 148 valence electrons. The van der Waals surface area contributed by atoms with E-state index in [1.165, 1.54) is 11.0 Å². The summed E-state index contributed by atoms with van der Waals surface area (Å²) in [5.74, 6) is -0.325. The molecular weight excluding hydrogens is 389 g/mol. The molecule has 2 aliphatic rings. The molecule has 0 unspecified atom stereocenters. The van der Waals surface area contributed by atoms with Crippen LogP contribution in [0.2, 0.25) is 5.02 Å². The topological polar surface area (TPSA) is 23.6 Å². The summed E-state index contributed by atoms with van der Waals surface area (Å²) in [6, 6.07) is 8.34. The number of fused-ring (bicyclic) bond motifs is 2. The first-order chi connectivity index (χ1) is 13.1. The van der Waals surface area contributed by atoms with Gasteiger partial charge in [0.25, 0.3) is 5.91 Å². The monoisotopic (exact) mass is 408 g/mol. The Morgan fingerprint density at radius 1 is 1.07 bits per heavy atom. The van der Waals surface area contributed by atoms with Crippen molar-refractivity contribution in [3.8, 4) is 0 Å². The second-order valence-corrected chi connectivity index (χ2v) is 8.19. The summed E-state index contributed by atoms with van der Waals surface area (Å²) in [4.78, 5) is 16.2. The van der Waals surface area contributed by atoms with Crippen LogP contribution in [0.1, 0.15) is 52.0 Å². The van der Waals surface area contributed by atoms with Crippen molar-refractivity contribution in [3.63, 3.8) is 0 Å². The highest BCUT2D eigenvalue weighted by Crippen LogP contribution is 2.39. The van der Waals surface area contributed by atoms with Crippen molar-refractivity contribution in [1.82, 2.24) is 9.80 Å². The highest BCUT2D eigenvalue weighted by Gasteiger charge is 2.40. The number of carbonyl (C=O) groups is 1. The smallest absolute Gasteiger partial charge is 0.332 e. The van der Waals surface area contributed by atoms with E-state index < -0.39 is 11.7 Å². The van der Waals surface area contributed by atoms with Crippen LogP contribution in [0, 0.1) is 0 Å². The SMILES string of the molecule is CC(C)N1Cc2c(cc(CN3Cc4ccc(Cl)cc4C3)cc2C(F)(F)F)C1=O. The summed E-state index contributed by atoms with van der Waals surface area (Å²) >= 11 is 6.04. The quantitative estimate of drug-likeness (QED) is 0.693. The van der Waals surface area contributed by atoms with Crippen LogP contribution in [-0.2, 0) is 32.4 Å². The van der Waals surface area contributed by atoms with E-state index in [1.807, 2.05) is 32.0 Å². The average Bonchev–Trinajstić information content (AvgIpc) is 3.14. The fraction of sp³-hybridized carbons (Fsp3) is 0.381. The number of carbonyl (C=O) groups excluding carboxylic acids is 1. The number of halogens is 4. The van der Waals surface area contributed by atoms with Crippen LogP contribution in [0.15, 0.2) is 30.3 Å². The Labute approximate surface area is 166 Å². The lowest BCUT2D eigenvalue weighted by Crippen LogP contribution is -2.30. The first-order valence-electron chi connectivity index (χ1n) is 9.17. The first kappa shape index (κ1) is 19.3. The third-order valence-corrected chi connectivity index (χ3v) is 5.66. The van der Waals surface area contributed by atoms with E-state index in [-0.39, 0.29) is 29.6 Å². The van der Waals surface area contributed by atoms with Crippen LogP contribution in [0.5, 0.6) is 0 Å². The molecule has 0 saturated carbocycles. The number of benzene rings is 2. The van der Waals surface area contributed by atoms with E-state index in [1.54, 1.807) is 6.07 Å². The maximum Gasteiger partial charge on any atom is 0.416 e. The summed E-state index contributed by atoms with van der Waals surface area (Å²) in [6.07, 6.45) is -4.49. The highest BCUT2D eigenvalue weighted by molar-refractivity contribution is 6.30. The molecule has 2 heterocycles. The number of rotatable bonds is 3. The van der Waals surface area contributed by atoms with Gasteiger partial charge in [-0.15, -0.1) is 0 Å². The lowest BCUT2D eigenvalue weighted by atomic mass is 9.98. The van der Waals surface area contributed by atoms with E-state index in [9.17, 15) is 18.0 Å². The van der Waals surface area contributed by atoms with Gasteiger partial charge in [0.05, 0.1) is 5.56 Å². The van der Waals surface area contributed by atoms with Gasteiger partial charge in [-0.2, -0.15) is 13.2 Å². The van der Waals surface area contributed by atoms with E-state index in [2.05, 4.69) is 4.90 Å². The van der Waals surface area contributed by atoms with Crippen LogP contribution in [0.3, 0.4) is 0 Å². The average molecular weight is 409 g/mol. The molecule has 0 bridgehead atoms. The van der Waals surface area contributed by atoms with E-state index in [0.29, 0.717) is 30.2 Å². The summed E-state index contributed by atoms with van der Waals surface area (Å²) in [7, 11) is 0. The minimum absolute atomic E-state index is 0.00854. The van der Waals surface area contributed by atoms with Crippen LogP contribution in [0.25, 0.3) is 0 Å². The Balaban J connectivity index is 1.66. The Bertz CT molecular complexity index is 955. The standard InChI is InChI=1S/C21H20ClF3N2O/c1-12(2)27-11-18-17(20(27)28)5-13(6-19(18)21(23,24)25)8-26-9-14-3-4-16(22)7-15(14)10-26/h3-7,12H,8-11H2,1-2H3. The molecule has 3 nitrogen and oxygen atoms in total. The zero-order valence-corrected chi connectivity index (χ0v) is 16.4. The number of hydrogen-bond acceptors (Lipinski definition) is 2. The van der Waals surface area contributed by atoms with Gasteiger partial charge in [0.1, 0.15) is 0 Å². The van der Waals surface area contributed by atoms with Crippen molar-refractivity contribution >= 4 is 17.5 Å². The van der Waals surface area contributed by atoms with Gasteiger partial charge in [-0.25, -0.2) is 0 Å². The fourth-order valence-electron chi connectivity index (χ4n) is 4.05. The molecule has 0 N–H and O–H groups in total. The molecule has 0 aromatic heterocycles. The maximum atomic E-state index is 13.7. The molecule has 0 fully saturated rings. The van der Waals surface area contributed by atoms with Crippen molar-refractivity contribution in [2.24, 2.45) is 0 Å². The molecule has 0 radical (unpaired) electrons. The second kappa shape index (κ2) is 6.78. The number of nitrogens with zero attached hydrogens (tertiary/aromatic N) is 2. The lowest BCUT2D eigenvalue weighted by Gasteiger charge is -2.20. The molecule has 2 aromatic rings. The second-order valence-electron chi connectivity index (χ2n) is 7.75. The third kappa shape index (κ3) is 3.40. The minimum Gasteiger partial charge on any atom is -0.332 e. The Morgan fingerprint density at radius 2 is 1.79 bits per heavy atom. The molecule has 0 atom stereocenters. The molecule has 0 spiro atoms. The number of amides is 1. The highest BCUT2D eigenvalue weighted by atomic mass is 35.5. The summed E-state index contributed by atoms with van der Waals surface area (Å²) in [5, 5.41) is 0.650. The molecule has 2 aliphatic heterocycles. The summed E-state index contributed by atoms with van der Waals surface area (Å²) < 4.78 is 41.1. The molecule has 4 rings (SSSR count). The molecule has 0 saturated heterocycles. The summed E-state index contributed by atoms with van der Waals surface area (Å²) in [6.45, 7) is 5.25. The van der Waals surface area contributed by atoms with Gasteiger partial charge in [0.15, 0.2) is 0 Å². The Kier molecular flexibility index (Phi) is 4.67. The van der Waals surface area contributed by atoms with Crippen molar-refractivity contribution in [2.45, 2.75) is 52.2 Å². The Morgan fingerprint density at radius 3 is 2.46 bits per heavy atom. The van der Waals surface area contributed by atoms with Crippen LogP contribution in [0.4, 0.5) is 13.2 Å². The van der Waals surface area contributed by atoms with E-state index >= 15 is 0 Å². The van der Waals surface area contributed by atoms with Crippen LogP contribution < -0.4 is 0 Å². The zero-order chi connectivity index (χ0) is 20.2. The van der Waals surface area contributed by atoms with Gasteiger partial charge in [0, 0.05) is 42.8 Å². The van der Waals surface area contributed by atoms with Gasteiger partial charge in [-0.05, 0) is 60.4 Å². The predicted molar refractivity (Wildman–Crippen MR) is 101 cm³/mol. The van der Waals surface area contributed by atoms with Crippen molar-refractivity contribution < 1.29 is 18.0 Å². The lowest BCUT2D eigenvalue weighted by molar-refractivity contribution is -0.138. The van der Waals surface area contributed by atoms with Gasteiger partial charge < -0.3 is 4.90 Å². The van der Waals surface area contributed by atoms with Gasteiger partial charge in [0.2, 0.25) is 0 Å². The maximum absolute atomic E-state index is 13.7. The van der Waals surface area contributed by atoms with Crippen molar-refractivity contribution in [1.29, 1.82) is 0 Å². The van der Waals surface area contributed by atoms with Gasteiger partial charge >= 0.3 is 6.18 Å². The van der Waals surface area contributed by atoms with Gasteiger partial charge in [-0.1, -0.05) is 17.7 Å². The molecule has 1 amide bonds. The predicted octanol–water partition coefficient (Wildman–Crippen LogP) is 5.24. The third-order valence-electron chi connectivity index (χ3n) is 5.42.